The maximum Gasteiger partial charge on any atom is 0.246 e. The highest BCUT2D eigenvalue weighted by Crippen LogP contribution is 2.33. The molecule has 6 aromatic rings. The number of carbonyl (C=O) groups is 4. The minimum Gasteiger partial charge on any atom is -0.361 e. The number of benzene rings is 3. The Morgan fingerprint density at radius 1 is 0.769 bits per heavy atom. The van der Waals surface area contributed by atoms with E-state index in [0.29, 0.717) is 31.5 Å². The van der Waals surface area contributed by atoms with Crippen molar-refractivity contribution in [3.05, 3.63) is 131 Å². The largest absolute Gasteiger partial charge is 0.361 e. The number of aromatic nitrogens is 7. The van der Waals surface area contributed by atoms with Gasteiger partial charge in [0.2, 0.25) is 23.6 Å². The Labute approximate surface area is 380 Å². The van der Waals surface area contributed by atoms with Crippen molar-refractivity contribution in [1.29, 1.82) is 0 Å². The zero-order chi connectivity index (χ0) is 45.1. The first-order valence-electron chi connectivity index (χ1n) is 23.3. The molecule has 340 valence electrons. The highest BCUT2D eigenvalue weighted by atomic mass is 16.2. The smallest absolute Gasteiger partial charge is 0.246 e. The van der Waals surface area contributed by atoms with E-state index in [1.165, 1.54) is 18.1 Å². The van der Waals surface area contributed by atoms with E-state index in [1.54, 1.807) is 4.90 Å². The van der Waals surface area contributed by atoms with Crippen LogP contribution in [0, 0.1) is 6.92 Å². The van der Waals surface area contributed by atoms with Crippen molar-refractivity contribution in [2.24, 2.45) is 0 Å². The lowest BCUT2D eigenvalue weighted by molar-refractivity contribution is -0.144. The molecule has 5 atom stereocenters. The summed E-state index contributed by atoms with van der Waals surface area (Å²) in [6.07, 6.45) is 16.2. The molecule has 15 nitrogen and oxygen atoms in total. The molecule has 2 aliphatic heterocycles. The van der Waals surface area contributed by atoms with Crippen LogP contribution in [0.15, 0.2) is 97.5 Å². The Hall–Kier alpha value is -6.64. The van der Waals surface area contributed by atoms with Gasteiger partial charge in [-0.15, -0.1) is 10.2 Å². The van der Waals surface area contributed by atoms with Gasteiger partial charge in [0.1, 0.15) is 23.8 Å². The molecule has 4 N–H and O–H groups in total. The van der Waals surface area contributed by atoms with E-state index in [0.717, 1.165) is 92.1 Å². The molecule has 0 saturated carbocycles. The van der Waals surface area contributed by atoms with Crippen molar-refractivity contribution < 1.29 is 19.2 Å². The monoisotopic (exact) mass is 879 g/mol. The fourth-order valence-corrected chi connectivity index (χ4v) is 9.52. The molecule has 8 rings (SSSR count). The maximum absolute atomic E-state index is 14.5. The third-order valence-electron chi connectivity index (χ3n) is 12.9. The number of aromatic amines is 1. The van der Waals surface area contributed by atoms with Crippen LogP contribution >= 0.6 is 0 Å². The molecular formula is C50H61N11O4. The van der Waals surface area contributed by atoms with E-state index in [2.05, 4.69) is 65.8 Å². The molecule has 3 aromatic heterocycles. The molecule has 2 saturated heterocycles. The Morgan fingerprint density at radius 2 is 1.45 bits per heavy atom. The summed E-state index contributed by atoms with van der Waals surface area (Å²) < 4.78 is 3.75. The van der Waals surface area contributed by atoms with E-state index in [4.69, 9.17) is 0 Å². The van der Waals surface area contributed by atoms with Crippen LogP contribution in [0.2, 0.25) is 0 Å². The molecule has 0 aliphatic carbocycles. The second-order valence-electron chi connectivity index (χ2n) is 17.8. The van der Waals surface area contributed by atoms with Gasteiger partial charge in [-0.05, 0) is 99.5 Å². The fourth-order valence-electron chi connectivity index (χ4n) is 9.52. The summed E-state index contributed by atoms with van der Waals surface area (Å²) in [5.74, 6) is -1.30. The fraction of sp³-hybridized carbons (Fsp3) is 0.440. The lowest BCUT2D eigenvalue weighted by atomic mass is 9.98. The highest BCUT2D eigenvalue weighted by Gasteiger charge is 2.45. The number of amides is 4. The zero-order valence-corrected chi connectivity index (χ0v) is 37.5. The molecule has 5 heterocycles. The number of nitrogens with zero attached hydrogens (tertiary/aromatic N) is 7. The number of fused-ring (bicyclic) bond motifs is 2. The van der Waals surface area contributed by atoms with Gasteiger partial charge in [0.15, 0.2) is 0 Å². The van der Waals surface area contributed by atoms with Gasteiger partial charge in [0, 0.05) is 55.8 Å². The van der Waals surface area contributed by atoms with E-state index in [1.807, 2.05) is 89.5 Å². The van der Waals surface area contributed by atoms with Gasteiger partial charge in [-0.1, -0.05) is 96.1 Å². The van der Waals surface area contributed by atoms with Gasteiger partial charge in [-0.25, -0.2) is 0 Å². The Bertz CT molecular complexity index is 2530. The minimum absolute atomic E-state index is 0.115. The number of aryl methyl sites for hydroxylation is 5. The average Bonchev–Trinajstić information content (AvgIpc) is 4.14. The summed E-state index contributed by atoms with van der Waals surface area (Å²) in [5.41, 5.74) is 6.91. The average molecular weight is 880 g/mol. The first-order chi connectivity index (χ1) is 31.7. The molecule has 2 aliphatic rings. The van der Waals surface area contributed by atoms with Crippen LogP contribution in [0.4, 0.5) is 0 Å². The first kappa shape index (κ1) is 44.9. The number of unbranched alkanes of at least 4 members (excludes halogenated alkanes) is 2. The molecule has 2 fully saturated rings. The summed E-state index contributed by atoms with van der Waals surface area (Å²) >= 11 is 0. The van der Waals surface area contributed by atoms with Crippen molar-refractivity contribution in [2.45, 2.75) is 141 Å². The number of carbonyl (C=O) groups excluding carboxylic acids is 4. The summed E-state index contributed by atoms with van der Waals surface area (Å²) in [4.78, 5) is 60.2. The quantitative estimate of drug-likeness (QED) is 0.0706. The SMILES string of the molecule is CC(=O)N[C@@H](Cc1c[nH]c2ccccc12)C(=O)N[C@H]1CCCC[C@H]2CC[C@@H](C(=O)N[C@@H](c3ccccc3)c3cn(CCCCc4ccc(CCCCn5cc(C)nn5)cc4)nn3)N2C1=O. The number of H-pyrrole nitrogens is 1. The molecule has 0 spiro atoms. The van der Waals surface area contributed by atoms with Crippen molar-refractivity contribution >= 4 is 34.5 Å². The van der Waals surface area contributed by atoms with E-state index in [9.17, 15) is 19.2 Å². The van der Waals surface area contributed by atoms with E-state index < -0.39 is 30.1 Å². The van der Waals surface area contributed by atoms with Crippen molar-refractivity contribution in [1.82, 2.24) is 55.8 Å². The topological polar surface area (TPSA) is 185 Å². The van der Waals surface area contributed by atoms with Gasteiger partial charge in [-0.2, -0.15) is 0 Å². The standard InChI is InChI=1S/C50H61N11O4/c1-34-32-59(57-55-34)28-12-10-14-36-22-24-37(25-23-36)15-11-13-29-60-33-45(56-58-60)47(38-16-4-3-5-17-38)54-49(64)46-27-26-40-18-6-8-21-43(50(65)61(40)46)53-48(63)44(52-35(2)62)30-39-31-51-42-20-9-7-19-41(39)42/h3-5,7,9,16-17,19-20,22-25,31-33,40,43-44,46-47,51H,6,8,10-15,18,21,26-30H2,1-2H3,(H,52,62)(H,53,63)(H,54,64)/t40-,43-,44-,46-,47-/m0/s1. The van der Waals surface area contributed by atoms with Gasteiger partial charge < -0.3 is 25.8 Å². The number of hydrogen-bond acceptors (Lipinski definition) is 8. The van der Waals surface area contributed by atoms with Crippen LogP contribution in [-0.4, -0.2) is 87.7 Å². The molecule has 0 unspecified atom stereocenters. The van der Waals surface area contributed by atoms with Gasteiger partial charge in [-0.3, -0.25) is 28.5 Å². The summed E-state index contributed by atoms with van der Waals surface area (Å²) in [6, 6.07) is 23.3. The number of rotatable bonds is 19. The molecule has 15 heteroatoms. The Morgan fingerprint density at radius 3 is 2.15 bits per heavy atom. The lowest BCUT2D eigenvalue weighted by Crippen LogP contribution is -2.59. The van der Waals surface area contributed by atoms with Crippen LogP contribution in [0.5, 0.6) is 0 Å². The third-order valence-corrected chi connectivity index (χ3v) is 12.9. The minimum atomic E-state index is -0.890. The van der Waals surface area contributed by atoms with Gasteiger partial charge in [0.05, 0.1) is 17.9 Å². The molecule has 0 bridgehead atoms. The zero-order valence-electron chi connectivity index (χ0n) is 37.5. The molecule has 0 radical (unpaired) electrons. The summed E-state index contributed by atoms with van der Waals surface area (Å²) in [5, 5.41) is 27.2. The number of para-hydroxylation sites is 1. The molecule has 3 aromatic carbocycles. The van der Waals surface area contributed by atoms with Gasteiger partial charge in [0.25, 0.3) is 0 Å². The predicted molar refractivity (Wildman–Crippen MR) is 247 cm³/mol. The molecule has 65 heavy (non-hydrogen) atoms. The van der Waals surface area contributed by atoms with Crippen LogP contribution in [0.25, 0.3) is 10.9 Å². The predicted octanol–water partition coefficient (Wildman–Crippen LogP) is 6.08. The third kappa shape index (κ3) is 11.6. The normalized spacial score (nSPS) is 18.4. The van der Waals surface area contributed by atoms with Gasteiger partial charge >= 0.3 is 0 Å². The number of hydrogen-bond donors (Lipinski definition) is 4. The number of nitrogens with one attached hydrogen (secondary N) is 4. The van der Waals surface area contributed by atoms with Crippen LogP contribution in [0.1, 0.15) is 111 Å². The van der Waals surface area contributed by atoms with Crippen molar-refractivity contribution in [2.75, 3.05) is 0 Å². The second-order valence-corrected chi connectivity index (χ2v) is 17.8. The second kappa shape index (κ2) is 21.4. The van der Waals surface area contributed by atoms with Crippen molar-refractivity contribution in [3.8, 4) is 0 Å². The summed E-state index contributed by atoms with van der Waals surface area (Å²) in [7, 11) is 0. The van der Waals surface area contributed by atoms with Crippen LogP contribution in [-0.2, 0) is 51.5 Å². The van der Waals surface area contributed by atoms with Crippen molar-refractivity contribution in [3.63, 3.8) is 0 Å². The van der Waals surface area contributed by atoms with E-state index >= 15 is 0 Å². The Kier molecular flexibility index (Phi) is 14.8. The lowest BCUT2D eigenvalue weighted by Gasteiger charge is -2.36. The molecular weight excluding hydrogens is 819 g/mol. The molecule has 4 amide bonds. The summed E-state index contributed by atoms with van der Waals surface area (Å²) in [6.45, 7) is 4.92. The Balaban J connectivity index is 0.871. The van der Waals surface area contributed by atoms with Crippen LogP contribution < -0.4 is 16.0 Å². The maximum atomic E-state index is 14.5. The van der Waals surface area contributed by atoms with E-state index in [-0.39, 0.29) is 30.2 Å². The van der Waals surface area contributed by atoms with Crippen LogP contribution in [0.3, 0.4) is 0 Å². The highest BCUT2D eigenvalue weighted by molar-refractivity contribution is 5.95. The first-order valence-corrected chi connectivity index (χ1v) is 23.3.